The van der Waals surface area contributed by atoms with E-state index in [1.54, 1.807) is 0 Å². The van der Waals surface area contributed by atoms with Crippen LogP contribution in [0.5, 0.6) is 0 Å². The Kier molecular flexibility index (Phi) is 3.78. The van der Waals surface area contributed by atoms with Crippen molar-refractivity contribution in [2.45, 2.75) is 63.5 Å². The van der Waals surface area contributed by atoms with Crippen LogP contribution in [0.4, 0.5) is 0 Å². The summed E-state index contributed by atoms with van der Waals surface area (Å²) in [7, 11) is 0. The van der Waals surface area contributed by atoms with Crippen molar-refractivity contribution in [3.8, 4) is 0 Å². The average molecular weight is 239 g/mol. The summed E-state index contributed by atoms with van der Waals surface area (Å²) in [5, 5.41) is 3.95. The van der Waals surface area contributed by atoms with Crippen LogP contribution in [0.15, 0.2) is 0 Å². The molecule has 2 heteroatoms. The smallest absolute Gasteiger partial charge is 0.0161 e. The van der Waals surface area contributed by atoms with Gasteiger partial charge < -0.3 is 5.32 Å². The fraction of sp³-hybridized carbons (Fsp3) is 1.00. The van der Waals surface area contributed by atoms with Crippen LogP contribution in [0.3, 0.4) is 0 Å². The molecule has 1 nitrogen and oxygen atoms in total. The van der Waals surface area contributed by atoms with Crippen molar-refractivity contribution >= 4 is 11.8 Å². The highest BCUT2D eigenvalue weighted by atomic mass is 32.2. The summed E-state index contributed by atoms with van der Waals surface area (Å²) in [4.78, 5) is 0. The van der Waals surface area contributed by atoms with Crippen molar-refractivity contribution in [1.29, 1.82) is 0 Å². The van der Waals surface area contributed by atoms with Gasteiger partial charge >= 0.3 is 0 Å². The number of rotatable bonds is 3. The number of hydrogen-bond donors (Lipinski definition) is 1. The molecule has 0 aromatic heterocycles. The molecule has 3 rings (SSSR count). The second-order valence-electron chi connectivity index (χ2n) is 6.04. The molecular formula is C14H25NS. The van der Waals surface area contributed by atoms with Crippen LogP contribution in [0.25, 0.3) is 0 Å². The highest BCUT2D eigenvalue weighted by molar-refractivity contribution is 7.99. The quantitative estimate of drug-likeness (QED) is 0.809. The highest BCUT2D eigenvalue weighted by Crippen LogP contribution is 2.44. The third kappa shape index (κ3) is 2.95. The van der Waals surface area contributed by atoms with Crippen LogP contribution in [0, 0.1) is 11.8 Å². The molecule has 92 valence electrons. The van der Waals surface area contributed by atoms with Crippen molar-refractivity contribution in [2.75, 3.05) is 11.5 Å². The fourth-order valence-electron chi connectivity index (χ4n) is 3.58. The average Bonchev–Trinajstić information content (AvgIpc) is 3.15. The van der Waals surface area contributed by atoms with Crippen LogP contribution < -0.4 is 5.32 Å². The molecule has 1 saturated heterocycles. The summed E-state index contributed by atoms with van der Waals surface area (Å²) < 4.78 is 0. The summed E-state index contributed by atoms with van der Waals surface area (Å²) in [5.74, 6) is 4.98. The first-order valence-corrected chi connectivity index (χ1v) is 8.41. The third-order valence-corrected chi connectivity index (χ3v) is 5.85. The first-order chi connectivity index (χ1) is 7.92. The summed E-state index contributed by atoms with van der Waals surface area (Å²) in [6, 6.07) is 1.70. The van der Waals surface area contributed by atoms with Crippen molar-refractivity contribution in [3.63, 3.8) is 0 Å². The molecule has 0 bridgehead atoms. The number of nitrogens with one attached hydrogen (secondary N) is 1. The van der Waals surface area contributed by atoms with Crippen LogP contribution in [0.2, 0.25) is 0 Å². The lowest BCUT2D eigenvalue weighted by molar-refractivity contribution is 0.246. The minimum absolute atomic E-state index is 0.835. The van der Waals surface area contributed by atoms with Gasteiger partial charge in [-0.15, -0.1) is 0 Å². The van der Waals surface area contributed by atoms with Crippen LogP contribution in [0.1, 0.15) is 51.4 Å². The molecule has 0 amide bonds. The Bertz CT molecular complexity index is 221. The molecule has 16 heavy (non-hydrogen) atoms. The van der Waals surface area contributed by atoms with Crippen molar-refractivity contribution in [1.82, 2.24) is 5.32 Å². The van der Waals surface area contributed by atoms with E-state index < -0.39 is 0 Å². The molecule has 0 aromatic carbocycles. The molecule has 3 atom stereocenters. The molecule has 2 saturated carbocycles. The van der Waals surface area contributed by atoms with Gasteiger partial charge in [0.2, 0.25) is 0 Å². The Morgan fingerprint density at radius 3 is 2.44 bits per heavy atom. The topological polar surface area (TPSA) is 12.0 Å². The minimum atomic E-state index is 0.835. The molecule has 3 fully saturated rings. The molecule has 0 radical (unpaired) electrons. The summed E-state index contributed by atoms with van der Waals surface area (Å²) >= 11 is 2.15. The first kappa shape index (κ1) is 11.4. The SMILES string of the molecule is C1CSCC(NC2CCCC(C3CC3)C2)C1. The molecule has 3 unspecified atom stereocenters. The first-order valence-electron chi connectivity index (χ1n) is 7.25. The molecule has 1 N–H and O–H groups in total. The Morgan fingerprint density at radius 2 is 1.69 bits per heavy atom. The maximum Gasteiger partial charge on any atom is 0.0161 e. The van der Waals surface area contributed by atoms with Gasteiger partial charge in [0, 0.05) is 17.8 Å². The van der Waals surface area contributed by atoms with Gasteiger partial charge in [0.25, 0.3) is 0 Å². The van der Waals surface area contributed by atoms with E-state index in [4.69, 9.17) is 0 Å². The number of hydrogen-bond acceptors (Lipinski definition) is 2. The summed E-state index contributed by atoms with van der Waals surface area (Å²) in [6.07, 6.45) is 11.9. The molecule has 0 aromatic rings. The lowest BCUT2D eigenvalue weighted by Crippen LogP contribution is -2.43. The van der Waals surface area contributed by atoms with E-state index in [1.807, 2.05) is 0 Å². The zero-order valence-corrected chi connectivity index (χ0v) is 11.1. The monoisotopic (exact) mass is 239 g/mol. The fourth-order valence-corrected chi connectivity index (χ4v) is 4.67. The van der Waals surface area contributed by atoms with Gasteiger partial charge in [-0.1, -0.05) is 12.8 Å². The van der Waals surface area contributed by atoms with E-state index in [-0.39, 0.29) is 0 Å². The number of thioether (sulfide) groups is 1. The van der Waals surface area contributed by atoms with E-state index in [0.29, 0.717) is 0 Å². The lowest BCUT2D eigenvalue weighted by atomic mass is 9.82. The lowest BCUT2D eigenvalue weighted by Gasteiger charge is -2.34. The molecule has 1 aliphatic heterocycles. The van der Waals surface area contributed by atoms with Crippen molar-refractivity contribution in [2.24, 2.45) is 11.8 Å². The van der Waals surface area contributed by atoms with Gasteiger partial charge in [0.05, 0.1) is 0 Å². The zero-order valence-electron chi connectivity index (χ0n) is 10.3. The van der Waals surface area contributed by atoms with Crippen LogP contribution in [-0.2, 0) is 0 Å². The van der Waals surface area contributed by atoms with Gasteiger partial charge in [-0.3, -0.25) is 0 Å². The maximum absolute atomic E-state index is 3.95. The highest BCUT2D eigenvalue weighted by Gasteiger charge is 2.35. The summed E-state index contributed by atoms with van der Waals surface area (Å²) in [6.45, 7) is 0. The standard InChI is InChI=1S/C14H25NS/c1-3-12(11-6-7-11)9-13(4-1)15-14-5-2-8-16-10-14/h11-15H,1-10H2. The van der Waals surface area contributed by atoms with Crippen molar-refractivity contribution < 1.29 is 0 Å². The van der Waals surface area contributed by atoms with Gasteiger partial charge in [0.1, 0.15) is 0 Å². The Hall–Kier alpha value is 0.310. The van der Waals surface area contributed by atoms with Gasteiger partial charge in [-0.2, -0.15) is 11.8 Å². The van der Waals surface area contributed by atoms with Gasteiger partial charge in [-0.25, -0.2) is 0 Å². The largest absolute Gasteiger partial charge is 0.310 e. The molecular weight excluding hydrogens is 214 g/mol. The molecule has 1 heterocycles. The van der Waals surface area contributed by atoms with E-state index in [1.165, 1.54) is 62.9 Å². The molecule has 2 aliphatic carbocycles. The Morgan fingerprint density at radius 1 is 0.812 bits per heavy atom. The Labute approximate surface area is 104 Å². The third-order valence-electron chi connectivity index (χ3n) is 4.64. The zero-order chi connectivity index (χ0) is 10.8. The molecule has 3 aliphatic rings. The molecule has 0 spiro atoms. The van der Waals surface area contributed by atoms with Gasteiger partial charge in [0.15, 0.2) is 0 Å². The predicted octanol–water partition coefficient (Wildman–Crippen LogP) is 3.44. The van der Waals surface area contributed by atoms with Gasteiger partial charge in [-0.05, 0) is 56.1 Å². The normalized spacial score (nSPS) is 40.9. The van der Waals surface area contributed by atoms with E-state index in [0.717, 1.165) is 23.9 Å². The van der Waals surface area contributed by atoms with Crippen LogP contribution >= 0.6 is 11.8 Å². The maximum atomic E-state index is 3.95. The van der Waals surface area contributed by atoms with E-state index >= 15 is 0 Å². The minimum Gasteiger partial charge on any atom is -0.310 e. The van der Waals surface area contributed by atoms with Crippen LogP contribution in [-0.4, -0.2) is 23.6 Å². The summed E-state index contributed by atoms with van der Waals surface area (Å²) in [5.41, 5.74) is 0. The second-order valence-corrected chi connectivity index (χ2v) is 7.19. The van der Waals surface area contributed by atoms with E-state index in [9.17, 15) is 0 Å². The predicted molar refractivity (Wildman–Crippen MR) is 72.0 cm³/mol. The second kappa shape index (κ2) is 5.30. The Balaban J connectivity index is 1.46. The van der Waals surface area contributed by atoms with E-state index in [2.05, 4.69) is 17.1 Å². The van der Waals surface area contributed by atoms with Crippen molar-refractivity contribution in [3.05, 3.63) is 0 Å².